The van der Waals surface area contributed by atoms with E-state index in [1.807, 2.05) is 0 Å². The van der Waals surface area contributed by atoms with E-state index in [-0.39, 0.29) is 0 Å². The number of hydrogen-bond donors (Lipinski definition) is 2. The quantitative estimate of drug-likeness (QED) is 0.508. The van der Waals surface area contributed by atoms with Crippen molar-refractivity contribution in [3.8, 4) is 0 Å². The van der Waals surface area contributed by atoms with E-state index >= 15 is 0 Å². The molecule has 0 saturated carbocycles. The molecule has 0 aliphatic carbocycles. The van der Waals surface area contributed by atoms with Gasteiger partial charge in [0, 0.05) is 32.2 Å². The van der Waals surface area contributed by atoms with Crippen LogP contribution in [0.25, 0.3) is 0 Å². The Bertz CT molecular complexity index is 197. The Morgan fingerprint density at radius 1 is 1.17 bits per heavy atom. The lowest BCUT2D eigenvalue weighted by Crippen LogP contribution is -2.56. The smallest absolute Gasteiger partial charge is 0.0701 e. The highest BCUT2D eigenvalue weighted by Gasteiger charge is 2.21. The molecule has 0 bridgehead atoms. The number of ether oxygens (including phenoxy) is 2. The minimum Gasteiger partial charge on any atom is -0.378 e. The Balaban J connectivity index is 1.68. The summed E-state index contributed by atoms with van der Waals surface area (Å²) in [5.74, 6) is 0.697. The molecule has 3 N–H and O–H groups in total. The van der Waals surface area contributed by atoms with E-state index in [1.54, 1.807) is 0 Å². The van der Waals surface area contributed by atoms with E-state index in [4.69, 9.17) is 15.2 Å². The van der Waals surface area contributed by atoms with Crippen molar-refractivity contribution in [3.63, 3.8) is 0 Å². The molecule has 0 aromatic heterocycles. The van der Waals surface area contributed by atoms with E-state index in [0.29, 0.717) is 25.2 Å². The van der Waals surface area contributed by atoms with Gasteiger partial charge in [0.05, 0.1) is 26.4 Å². The normalized spacial score (nSPS) is 17.3. The summed E-state index contributed by atoms with van der Waals surface area (Å²) in [6.07, 6.45) is 0. The van der Waals surface area contributed by atoms with Crippen molar-refractivity contribution in [2.45, 2.75) is 19.9 Å². The van der Waals surface area contributed by atoms with Gasteiger partial charge in [0.1, 0.15) is 0 Å². The first-order chi connectivity index (χ1) is 8.68. The molecule has 5 heteroatoms. The first kappa shape index (κ1) is 15.9. The maximum atomic E-state index is 5.69. The molecule has 0 aromatic carbocycles. The van der Waals surface area contributed by atoms with Crippen LogP contribution in [0.5, 0.6) is 0 Å². The zero-order chi connectivity index (χ0) is 13.2. The molecule has 5 nitrogen and oxygen atoms in total. The number of nitrogens with zero attached hydrogens (tertiary/aromatic N) is 1. The molecule has 0 unspecified atom stereocenters. The molecule has 1 aliphatic heterocycles. The summed E-state index contributed by atoms with van der Waals surface area (Å²) in [6.45, 7) is 12.3. The Morgan fingerprint density at radius 3 is 2.44 bits per heavy atom. The zero-order valence-corrected chi connectivity index (χ0v) is 11.9. The van der Waals surface area contributed by atoms with Gasteiger partial charge in [0.15, 0.2) is 0 Å². The monoisotopic (exact) mass is 259 g/mol. The fourth-order valence-electron chi connectivity index (χ4n) is 1.84. The number of likely N-dealkylation sites (tertiary alicyclic amines) is 1. The van der Waals surface area contributed by atoms with Crippen LogP contribution in [0.15, 0.2) is 0 Å². The van der Waals surface area contributed by atoms with Gasteiger partial charge in [-0.05, 0) is 12.5 Å². The van der Waals surface area contributed by atoms with Crippen molar-refractivity contribution in [3.05, 3.63) is 0 Å². The van der Waals surface area contributed by atoms with E-state index < -0.39 is 0 Å². The Hall–Kier alpha value is -0.200. The Labute approximate surface area is 111 Å². The van der Waals surface area contributed by atoms with Crippen LogP contribution in [0.2, 0.25) is 0 Å². The fourth-order valence-corrected chi connectivity index (χ4v) is 1.84. The third kappa shape index (κ3) is 8.00. The number of hydrogen-bond acceptors (Lipinski definition) is 5. The number of nitrogens with one attached hydrogen (secondary N) is 1. The van der Waals surface area contributed by atoms with Gasteiger partial charge in [0.25, 0.3) is 0 Å². The molecule has 1 saturated heterocycles. The molecule has 108 valence electrons. The summed E-state index contributed by atoms with van der Waals surface area (Å²) in [7, 11) is 0. The summed E-state index contributed by atoms with van der Waals surface area (Å²) in [5.41, 5.74) is 5.69. The molecule has 0 amide bonds. The van der Waals surface area contributed by atoms with Crippen LogP contribution >= 0.6 is 0 Å². The summed E-state index contributed by atoms with van der Waals surface area (Å²) < 4.78 is 11.0. The molecule has 0 aromatic rings. The predicted octanol–water partition coefficient (Wildman–Crippen LogP) is -0.0919. The molecule has 1 rings (SSSR count). The molecule has 0 spiro atoms. The molecule has 1 heterocycles. The Kier molecular flexibility index (Phi) is 8.54. The van der Waals surface area contributed by atoms with Crippen LogP contribution < -0.4 is 11.1 Å². The lowest BCUT2D eigenvalue weighted by molar-refractivity contribution is 0.0288. The third-order valence-corrected chi connectivity index (χ3v) is 2.89. The van der Waals surface area contributed by atoms with Crippen LogP contribution in [0.4, 0.5) is 0 Å². The first-order valence-electron chi connectivity index (χ1n) is 7.02. The average molecular weight is 259 g/mol. The van der Waals surface area contributed by atoms with Crippen molar-refractivity contribution in [1.29, 1.82) is 0 Å². The van der Waals surface area contributed by atoms with Crippen molar-refractivity contribution in [2.24, 2.45) is 11.7 Å². The summed E-state index contributed by atoms with van der Waals surface area (Å²) in [6, 6.07) is 0.381. The molecule has 0 radical (unpaired) electrons. The van der Waals surface area contributed by atoms with Crippen LogP contribution in [0, 0.1) is 5.92 Å². The molecular formula is C13H29N3O2. The van der Waals surface area contributed by atoms with Crippen molar-refractivity contribution >= 4 is 0 Å². The highest BCUT2D eigenvalue weighted by atomic mass is 16.5. The zero-order valence-electron chi connectivity index (χ0n) is 11.9. The van der Waals surface area contributed by atoms with Gasteiger partial charge in [-0.1, -0.05) is 13.8 Å². The lowest BCUT2D eigenvalue weighted by atomic mass is 10.1. The highest BCUT2D eigenvalue weighted by Crippen LogP contribution is 2.03. The predicted molar refractivity (Wildman–Crippen MR) is 73.8 cm³/mol. The fraction of sp³-hybridized carbons (Fsp3) is 1.00. The largest absolute Gasteiger partial charge is 0.378 e. The standard InChI is InChI=1S/C13H29N3O2/c1-12(2)9-15-3-5-17-7-8-18-6-4-16-10-13(14)11-16/h12-13,15H,3-11,14H2,1-2H3. The van der Waals surface area contributed by atoms with Gasteiger partial charge in [-0.2, -0.15) is 0 Å². The minimum atomic E-state index is 0.381. The van der Waals surface area contributed by atoms with Crippen molar-refractivity contribution in [2.75, 3.05) is 59.2 Å². The van der Waals surface area contributed by atoms with Gasteiger partial charge in [-0.25, -0.2) is 0 Å². The second kappa shape index (κ2) is 9.69. The number of nitrogens with two attached hydrogens (primary N) is 1. The second-order valence-electron chi connectivity index (χ2n) is 5.34. The van der Waals surface area contributed by atoms with Crippen LogP contribution in [-0.2, 0) is 9.47 Å². The Morgan fingerprint density at radius 2 is 1.83 bits per heavy atom. The molecule has 18 heavy (non-hydrogen) atoms. The molecular weight excluding hydrogens is 230 g/mol. The van der Waals surface area contributed by atoms with Gasteiger partial charge >= 0.3 is 0 Å². The van der Waals surface area contributed by atoms with E-state index in [9.17, 15) is 0 Å². The third-order valence-electron chi connectivity index (χ3n) is 2.89. The summed E-state index contributed by atoms with van der Waals surface area (Å²) in [5, 5.41) is 3.34. The SMILES string of the molecule is CC(C)CNCCOCCOCCN1CC(N)C1. The molecule has 1 aliphatic rings. The van der Waals surface area contributed by atoms with Crippen LogP contribution in [-0.4, -0.2) is 70.1 Å². The molecule has 0 atom stereocenters. The van der Waals surface area contributed by atoms with Crippen LogP contribution in [0.1, 0.15) is 13.8 Å². The topological polar surface area (TPSA) is 59.8 Å². The van der Waals surface area contributed by atoms with Gasteiger partial charge in [-0.15, -0.1) is 0 Å². The molecule has 1 fully saturated rings. The summed E-state index contributed by atoms with van der Waals surface area (Å²) in [4.78, 5) is 2.31. The van der Waals surface area contributed by atoms with E-state index in [2.05, 4.69) is 24.1 Å². The maximum Gasteiger partial charge on any atom is 0.0701 e. The minimum absolute atomic E-state index is 0.381. The summed E-state index contributed by atoms with van der Waals surface area (Å²) >= 11 is 0. The lowest BCUT2D eigenvalue weighted by Gasteiger charge is -2.36. The van der Waals surface area contributed by atoms with Gasteiger partial charge in [0.2, 0.25) is 0 Å². The maximum absolute atomic E-state index is 5.69. The second-order valence-corrected chi connectivity index (χ2v) is 5.34. The highest BCUT2D eigenvalue weighted by molar-refractivity contribution is 4.81. The average Bonchev–Trinajstić information content (AvgIpc) is 2.28. The van der Waals surface area contributed by atoms with E-state index in [1.165, 1.54) is 0 Å². The van der Waals surface area contributed by atoms with Crippen LogP contribution in [0.3, 0.4) is 0 Å². The first-order valence-corrected chi connectivity index (χ1v) is 7.02. The van der Waals surface area contributed by atoms with Gasteiger partial charge < -0.3 is 20.5 Å². The van der Waals surface area contributed by atoms with E-state index in [0.717, 1.165) is 45.9 Å². The van der Waals surface area contributed by atoms with Crippen molar-refractivity contribution < 1.29 is 9.47 Å². The van der Waals surface area contributed by atoms with Gasteiger partial charge in [-0.3, -0.25) is 4.90 Å². The van der Waals surface area contributed by atoms with Crippen molar-refractivity contribution in [1.82, 2.24) is 10.2 Å². The number of rotatable bonds is 11.